The van der Waals surface area contributed by atoms with Crippen LogP contribution in [0.15, 0.2) is 35.8 Å². The van der Waals surface area contributed by atoms with E-state index in [4.69, 9.17) is 4.74 Å². The van der Waals surface area contributed by atoms with Crippen LogP contribution in [0.1, 0.15) is 34.0 Å². The molecule has 0 aliphatic rings. The van der Waals surface area contributed by atoms with E-state index < -0.39 is 6.04 Å². The molecule has 0 aliphatic heterocycles. The summed E-state index contributed by atoms with van der Waals surface area (Å²) in [5.41, 5.74) is 1.67. The van der Waals surface area contributed by atoms with E-state index in [9.17, 15) is 9.90 Å². The molecule has 7 heteroatoms. The van der Waals surface area contributed by atoms with Crippen LogP contribution in [-0.4, -0.2) is 33.6 Å². The predicted molar refractivity (Wildman–Crippen MR) is 92.7 cm³/mol. The second-order valence-corrected chi connectivity index (χ2v) is 6.25. The molecule has 3 heterocycles. The molecule has 3 aromatic rings. The van der Waals surface area contributed by atoms with Gasteiger partial charge in [0, 0.05) is 11.1 Å². The van der Waals surface area contributed by atoms with Gasteiger partial charge in [-0.3, -0.25) is 9.20 Å². The van der Waals surface area contributed by atoms with Crippen LogP contribution in [0.3, 0.4) is 0 Å². The summed E-state index contributed by atoms with van der Waals surface area (Å²) in [4.78, 5) is 18.1. The number of aliphatic hydroxyl groups is 1. The van der Waals surface area contributed by atoms with Crippen molar-refractivity contribution in [3.05, 3.63) is 52.1 Å². The zero-order chi connectivity index (χ0) is 17.1. The van der Waals surface area contributed by atoms with Crippen LogP contribution >= 0.6 is 11.3 Å². The van der Waals surface area contributed by atoms with Gasteiger partial charge in [0.05, 0.1) is 24.9 Å². The average Bonchev–Trinajstić information content (AvgIpc) is 3.20. The lowest BCUT2D eigenvalue weighted by Gasteiger charge is -2.15. The second kappa shape index (κ2) is 7.02. The second-order valence-electron chi connectivity index (χ2n) is 5.27. The molecule has 1 amide bonds. The number of thiophene rings is 1. The lowest BCUT2D eigenvalue weighted by atomic mass is 10.2. The number of imidazole rings is 1. The molecular formula is C17H19N3O3S. The number of carbonyl (C=O) groups excluding carboxylic acids is 1. The minimum atomic E-state index is -0.433. The summed E-state index contributed by atoms with van der Waals surface area (Å²) < 4.78 is 7.30. The van der Waals surface area contributed by atoms with E-state index in [1.807, 2.05) is 36.6 Å². The lowest BCUT2D eigenvalue weighted by Crippen LogP contribution is -2.31. The fraction of sp³-hybridized carbons (Fsp3) is 0.294. The van der Waals surface area contributed by atoms with Crippen LogP contribution in [0.5, 0.6) is 5.75 Å². The number of ether oxygens (including phenoxy) is 1. The van der Waals surface area contributed by atoms with Gasteiger partial charge in [-0.2, -0.15) is 0 Å². The maximum atomic E-state index is 12.8. The third kappa shape index (κ3) is 3.00. The summed E-state index contributed by atoms with van der Waals surface area (Å²) >= 11 is 1.49. The number of amides is 1. The standard InChI is InChI=1S/C17H19N3O3S/c1-3-23-13-6-4-8-20-15(11(2)18-16(13)20)17(22)19-12(10-21)14-7-5-9-24-14/h4-9,12,21H,3,10H2,1-2H3,(H,19,22)/t12-/m0/s1. The molecule has 3 aromatic heterocycles. The largest absolute Gasteiger partial charge is 0.490 e. The number of pyridine rings is 1. The van der Waals surface area contributed by atoms with Crippen molar-refractivity contribution in [3.8, 4) is 5.75 Å². The first kappa shape index (κ1) is 16.5. The van der Waals surface area contributed by atoms with Crippen molar-refractivity contribution in [2.45, 2.75) is 19.9 Å². The molecular weight excluding hydrogens is 326 g/mol. The molecule has 1 atom stereocenters. The number of hydrogen-bond donors (Lipinski definition) is 2. The van der Waals surface area contributed by atoms with Gasteiger partial charge in [-0.1, -0.05) is 6.07 Å². The molecule has 0 saturated heterocycles. The van der Waals surface area contributed by atoms with Crippen LogP contribution < -0.4 is 10.1 Å². The van der Waals surface area contributed by atoms with Crippen LogP contribution in [0, 0.1) is 6.92 Å². The third-order valence-corrected chi connectivity index (χ3v) is 4.66. The maximum absolute atomic E-state index is 12.8. The summed E-state index contributed by atoms with van der Waals surface area (Å²) in [5.74, 6) is 0.361. The monoisotopic (exact) mass is 345 g/mol. The third-order valence-electron chi connectivity index (χ3n) is 3.68. The fourth-order valence-electron chi connectivity index (χ4n) is 2.62. The van der Waals surface area contributed by atoms with Gasteiger partial charge in [0.25, 0.3) is 5.91 Å². The SMILES string of the molecule is CCOc1cccn2c(C(=O)N[C@@H](CO)c3cccs3)c(C)nc12. The Morgan fingerprint density at radius 1 is 1.46 bits per heavy atom. The first-order valence-electron chi connectivity index (χ1n) is 7.71. The normalized spacial score (nSPS) is 12.3. The van der Waals surface area contributed by atoms with Gasteiger partial charge in [-0.15, -0.1) is 11.3 Å². The van der Waals surface area contributed by atoms with E-state index in [0.717, 1.165) is 4.88 Å². The van der Waals surface area contributed by atoms with E-state index in [1.54, 1.807) is 17.5 Å². The van der Waals surface area contributed by atoms with Gasteiger partial charge in [0.1, 0.15) is 5.69 Å². The summed E-state index contributed by atoms with van der Waals surface area (Å²) in [6.07, 6.45) is 1.78. The first-order valence-corrected chi connectivity index (χ1v) is 8.59. The van der Waals surface area contributed by atoms with E-state index in [0.29, 0.717) is 29.4 Å². The minimum Gasteiger partial charge on any atom is -0.490 e. The van der Waals surface area contributed by atoms with Crippen LogP contribution in [-0.2, 0) is 0 Å². The van der Waals surface area contributed by atoms with Crippen molar-refractivity contribution < 1.29 is 14.6 Å². The Balaban J connectivity index is 1.95. The van der Waals surface area contributed by atoms with Gasteiger partial charge in [0.15, 0.2) is 11.4 Å². The molecule has 2 N–H and O–H groups in total. The Morgan fingerprint density at radius 3 is 2.96 bits per heavy atom. The van der Waals surface area contributed by atoms with Crippen molar-refractivity contribution in [1.29, 1.82) is 0 Å². The van der Waals surface area contributed by atoms with E-state index in [2.05, 4.69) is 10.3 Å². The molecule has 126 valence electrons. The topological polar surface area (TPSA) is 75.9 Å². The molecule has 0 aromatic carbocycles. The van der Waals surface area contributed by atoms with Crippen molar-refractivity contribution >= 4 is 22.9 Å². The van der Waals surface area contributed by atoms with E-state index in [-0.39, 0.29) is 12.5 Å². The fourth-order valence-corrected chi connectivity index (χ4v) is 3.39. The van der Waals surface area contributed by atoms with Crippen molar-refractivity contribution in [2.24, 2.45) is 0 Å². The summed E-state index contributed by atoms with van der Waals surface area (Å²) in [7, 11) is 0. The highest BCUT2D eigenvalue weighted by Crippen LogP contribution is 2.23. The first-order chi connectivity index (χ1) is 11.7. The van der Waals surface area contributed by atoms with Crippen LogP contribution in [0.2, 0.25) is 0 Å². The Bertz CT molecular complexity index is 842. The number of aliphatic hydroxyl groups excluding tert-OH is 1. The molecule has 24 heavy (non-hydrogen) atoms. The van der Waals surface area contributed by atoms with E-state index >= 15 is 0 Å². The Kier molecular flexibility index (Phi) is 4.82. The number of nitrogens with one attached hydrogen (secondary N) is 1. The summed E-state index contributed by atoms with van der Waals surface area (Å²) in [6.45, 7) is 4.06. The zero-order valence-corrected chi connectivity index (χ0v) is 14.3. The van der Waals surface area contributed by atoms with Crippen molar-refractivity contribution in [1.82, 2.24) is 14.7 Å². The average molecular weight is 345 g/mol. The summed E-state index contributed by atoms with van der Waals surface area (Å²) in [6, 6.07) is 6.99. The maximum Gasteiger partial charge on any atom is 0.270 e. The molecule has 3 rings (SSSR count). The number of aromatic nitrogens is 2. The number of aryl methyl sites for hydroxylation is 1. The zero-order valence-electron chi connectivity index (χ0n) is 13.5. The Morgan fingerprint density at radius 2 is 2.29 bits per heavy atom. The van der Waals surface area contributed by atoms with Gasteiger partial charge in [0.2, 0.25) is 0 Å². The van der Waals surface area contributed by atoms with Gasteiger partial charge in [-0.25, -0.2) is 4.98 Å². The highest BCUT2D eigenvalue weighted by Gasteiger charge is 2.22. The smallest absolute Gasteiger partial charge is 0.270 e. The highest BCUT2D eigenvalue weighted by molar-refractivity contribution is 7.10. The molecule has 0 fully saturated rings. The quantitative estimate of drug-likeness (QED) is 0.720. The number of hydrogen-bond acceptors (Lipinski definition) is 5. The van der Waals surface area contributed by atoms with Gasteiger partial charge >= 0.3 is 0 Å². The molecule has 0 bridgehead atoms. The number of rotatable bonds is 6. The van der Waals surface area contributed by atoms with Crippen LogP contribution in [0.4, 0.5) is 0 Å². The predicted octanol–water partition coefficient (Wildman–Crippen LogP) is 2.57. The molecule has 0 spiro atoms. The Labute approximate surface area is 143 Å². The molecule has 6 nitrogen and oxygen atoms in total. The number of nitrogens with zero attached hydrogens (tertiary/aromatic N) is 2. The number of carbonyl (C=O) groups is 1. The number of fused-ring (bicyclic) bond motifs is 1. The summed E-state index contributed by atoms with van der Waals surface area (Å²) in [5, 5.41) is 14.4. The van der Waals surface area contributed by atoms with Gasteiger partial charge < -0.3 is 15.2 Å². The van der Waals surface area contributed by atoms with Crippen LogP contribution in [0.25, 0.3) is 5.65 Å². The molecule has 0 saturated carbocycles. The molecule has 0 unspecified atom stereocenters. The molecule has 0 radical (unpaired) electrons. The minimum absolute atomic E-state index is 0.160. The van der Waals surface area contributed by atoms with Crippen molar-refractivity contribution in [3.63, 3.8) is 0 Å². The van der Waals surface area contributed by atoms with Crippen molar-refractivity contribution in [2.75, 3.05) is 13.2 Å². The Hall–Kier alpha value is -2.38. The lowest BCUT2D eigenvalue weighted by molar-refractivity contribution is 0.0910. The highest BCUT2D eigenvalue weighted by atomic mass is 32.1. The van der Waals surface area contributed by atoms with Gasteiger partial charge in [-0.05, 0) is 37.4 Å². The van der Waals surface area contributed by atoms with E-state index in [1.165, 1.54) is 11.3 Å². The molecule has 0 aliphatic carbocycles.